The van der Waals surface area contributed by atoms with Gasteiger partial charge in [-0.25, -0.2) is 4.79 Å². The highest BCUT2D eigenvalue weighted by Crippen LogP contribution is 2.26. The van der Waals surface area contributed by atoms with Crippen molar-refractivity contribution < 1.29 is 14.7 Å². The van der Waals surface area contributed by atoms with Crippen molar-refractivity contribution in [1.82, 2.24) is 15.5 Å². The number of aliphatic hydroxyl groups is 1. The van der Waals surface area contributed by atoms with Crippen LogP contribution in [-0.2, 0) is 4.79 Å². The molecule has 3 amide bonds. The number of carbonyl (C=O) groups is 2. The topological polar surface area (TPSA) is 81.7 Å². The number of hydrogen-bond donors (Lipinski definition) is 3. The summed E-state index contributed by atoms with van der Waals surface area (Å²) in [7, 11) is 0. The average molecular weight is 271 g/mol. The molecule has 1 aliphatic rings. The van der Waals surface area contributed by atoms with E-state index in [-0.39, 0.29) is 18.6 Å². The average Bonchev–Trinajstić information content (AvgIpc) is 2.31. The first-order chi connectivity index (χ1) is 9.10. The maximum atomic E-state index is 12.0. The second-order valence-electron chi connectivity index (χ2n) is 4.92. The molecule has 0 aromatic heterocycles. The van der Waals surface area contributed by atoms with E-state index in [2.05, 4.69) is 15.5 Å². The lowest BCUT2D eigenvalue weighted by molar-refractivity contribution is -0.126. The molecular weight excluding hydrogens is 246 g/mol. The van der Waals surface area contributed by atoms with Gasteiger partial charge >= 0.3 is 6.03 Å². The molecule has 0 aliphatic heterocycles. The summed E-state index contributed by atoms with van der Waals surface area (Å²) in [5, 5.41) is 13.8. The van der Waals surface area contributed by atoms with Crippen molar-refractivity contribution in [1.29, 1.82) is 0 Å². The number of nitrogens with one attached hydrogen (secondary N) is 2. The number of rotatable bonds is 7. The number of urea groups is 1. The van der Waals surface area contributed by atoms with Crippen LogP contribution in [0.25, 0.3) is 0 Å². The first-order valence-electron chi connectivity index (χ1n) is 7.05. The Balaban J connectivity index is 2.51. The summed E-state index contributed by atoms with van der Waals surface area (Å²) in [4.78, 5) is 25.4. The van der Waals surface area contributed by atoms with Gasteiger partial charge in [0.25, 0.3) is 0 Å². The molecule has 1 unspecified atom stereocenters. The third-order valence-corrected chi connectivity index (χ3v) is 3.57. The van der Waals surface area contributed by atoms with Crippen LogP contribution in [0.15, 0.2) is 0 Å². The van der Waals surface area contributed by atoms with Gasteiger partial charge in [0.1, 0.15) is 0 Å². The smallest absolute Gasteiger partial charge is 0.321 e. The third kappa shape index (κ3) is 4.80. The standard InChI is InChI=1S/C13H25N3O3/c1-3-14-13(19)15-12(18)10(2)16(8-5-9-17)11-6-4-7-11/h10-11,17H,3-9H2,1-2H3,(H2,14,15,18,19). The zero-order valence-electron chi connectivity index (χ0n) is 11.8. The van der Waals surface area contributed by atoms with Crippen LogP contribution >= 0.6 is 0 Å². The Morgan fingerprint density at radius 2 is 2.11 bits per heavy atom. The van der Waals surface area contributed by atoms with E-state index in [0.717, 1.165) is 12.8 Å². The van der Waals surface area contributed by atoms with E-state index in [1.165, 1.54) is 6.42 Å². The number of imide groups is 1. The molecule has 0 radical (unpaired) electrons. The molecule has 0 spiro atoms. The monoisotopic (exact) mass is 271 g/mol. The van der Waals surface area contributed by atoms with Crippen molar-refractivity contribution in [2.45, 2.75) is 51.6 Å². The molecule has 1 atom stereocenters. The van der Waals surface area contributed by atoms with Crippen molar-refractivity contribution in [2.24, 2.45) is 0 Å². The Morgan fingerprint density at radius 1 is 1.42 bits per heavy atom. The second kappa shape index (κ2) is 8.12. The van der Waals surface area contributed by atoms with Gasteiger partial charge in [0.2, 0.25) is 5.91 Å². The summed E-state index contributed by atoms with van der Waals surface area (Å²) in [6.07, 6.45) is 4.01. The Hall–Kier alpha value is -1.14. The highest BCUT2D eigenvalue weighted by Gasteiger charge is 2.31. The summed E-state index contributed by atoms with van der Waals surface area (Å²) >= 11 is 0. The summed E-state index contributed by atoms with van der Waals surface area (Å²) < 4.78 is 0. The molecule has 3 N–H and O–H groups in total. The van der Waals surface area contributed by atoms with Gasteiger partial charge in [-0.3, -0.25) is 15.0 Å². The van der Waals surface area contributed by atoms with Crippen LogP contribution in [0.3, 0.4) is 0 Å². The minimum Gasteiger partial charge on any atom is -0.396 e. The van der Waals surface area contributed by atoms with Crippen LogP contribution in [0.4, 0.5) is 4.79 Å². The van der Waals surface area contributed by atoms with Gasteiger partial charge in [-0.1, -0.05) is 6.42 Å². The van der Waals surface area contributed by atoms with Crippen LogP contribution in [-0.4, -0.2) is 53.7 Å². The zero-order valence-corrected chi connectivity index (χ0v) is 11.8. The zero-order chi connectivity index (χ0) is 14.3. The molecule has 0 heterocycles. The molecule has 0 saturated heterocycles. The van der Waals surface area contributed by atoms with Crippen LogP contribution in [0.5, 0.6) is 0 Å². The third-order valence-electron chi connectivity index (χ3n) is 3.57. The highest BCUT2D eigenvalue weighted by molar-refractivity contribution is 5.96. The van der Waals surface area contributed by atoms with E-state index in [0.29, 0.717) is 25.6 Å². The Labute approximate surface area is 114 Å². The minimum absolute atomic E-state index is 0.119. The number of aliphatic hydroxyl groups excluding tert-OH is 1. The summed E-state index contributed by atoms with van der Waals surface area (Å²) in [6.45, 7) is 4.91. The summed E-state index contributed by atoms with van der Waals surface area (Å²) in [5.74, 6) is -0.282. The molecule has 19 heavy (non-hydrogen) atoms. The number of carbonyl (C=O) groups excluding carboxylic acids is 2. The molecule has 6 heteroatoms. The summed E-state index contributed by atoms with van der Waals surface area (Å²) in [6, 6.07) is -0.393. The van der Waals surface area contributed by atoms with E-state index in [1.54, 1.807) is 6.92 Å². The molecule has 0 aromatic rings. The van der Waals surface area contributed by atoms with Gasteiger partial charge in [-0.05, 0) is 33.1 Å². The maximum absolute atomic E-state index is 12.0. The number of hydrogen-bond acceptors (Lipinski definition) is 4. The van der Waals surface area contributed by atoms with Crippen LogP contribution < -0.4 is 10.6 Å². The lowest BCUT2D eigenvalue weighted by Gasteiger charge is -2.40. The normalized spacial score (nSPS) is 16.8. The van der Waals surface area contributed by atoms with Gasteiger partial charge < -0.3 is 10.4 Å². The fourth-order valence-corrected chi connectivity index (χ4v) is 2.24. The number of amides is 3. The molecule has 1 fully saturated rings. The van der Waals surface area contributed by atoms with Gasteiger partial charge in [0, 0.05) is 25.7 Å². The molecule has 6 nitrogen and oxygen atoms in total. The summed E-state index contributed by atoms with van der Waals surface area (Å²) in [5.41, 5.74) is 0. The molecule has 110 valence electrons. The van der Waals surface area contributed by atoms with Crippen molar-refractivity contribution in [2.75, 3.05) is 19.7 Å². The Morgan fingerprint density at radius 3 is 2.58 bits per heavy atom. The van der Waals surface area contributed by atoms with Gasteiger partial charge in [-0.2, -0.15) is 0 Å². The van der Waals surface area contributed by atoms with Gasteiger partial charge in [0.05, 0.1) is 6.04 Å². The second-order valence-corrected chi connectivity index (χ2v) is 4.92. The SMILES string of the molecule is CCNC(=O)NC(=O)C(C)N(CCCO)C1CCC1. The van der Waals surface area contributed by atoms with Gasteiger partial charge in [0.15, 0.2) is 0 Å². The predicted octanol–water partition coefficient (Wildman–Crippen LogP) is 0.458. The predicted molar refractivity (Wildman–Crippen MR) is 72.7 cm³/mol. The van der Waals surface area contributed by atoms with Crippen molar-refractivity contribution >= 4 is 11.9 Å². The van der Waals surface area contributed by atoms with Crippen molar-refractivity contribution in [3.8, 4) is 0 Å². The minimum atomic E-state index is -0.449. The Bertz CT molecular complexity index is 306. The maximum Gasteiger partial charge on any atom is 0.321 e. The van der Waals surface area contributed by atoms with E-state index in [9.17, 15) is 9.59 Å². The van der Waals surface area contributed by atoms with E-state index in [4.69, 9.17) is 5.11 Å². The van der Waals surface area contributed by atoms with Crippen molar-refractivity contribution in [3.63, 3.8) is 0 Å². The van der Waals surface area contributed by atoms with E-state index in [1.807, 2.05) is 6.92 Å². The molecule has 1 saturated carbocycles. The molecule has 1 rings (SSSR count). The lowest BCUT2D eigenvalue weighted by Crippen LogP contribution is -2.54. The van der Waals surface area contributed by atoms with Crippen LogP contribution in [0.1, 0.15) is 39.5 Å². The fraction of sp³-hybridized carbons (Fsp3) is 0.846. The van der Waals surface area contributed by atoms with Crippen LogP contribution in [0, 0.1) is 0 Å². The van der Waals surface area contributed by atoms with Gasteiger partial charge in [-0.15, -0.1) is 0 Å². The molecule has 1 aliphatic carbocycles. The van der Waals surface area contributed by atoms with Crippen LogP contribution in [0.2, 0.25) is 0 Å². The largest absolute Gasteiger partial charge is 0.396 e. The molecular formula is C13H25N3O3. The fourth-order valence-electron chi connectivity index (χ4n) is 2.24. The molecule has 0 bridgehead atoms. The first-order valence-corrected chi connectivity index (χ1v) is 7.05. The Kier molecular flexibility index (Phi) is 6.80. The highest BCUT2D eigenvalue weighted by atomic mass is 16.3. The number of nitrogens with zero attached hydrogens (tertiary/aromatic N) is 1. The van der Waals surface area contributed by atoms with E-state index < -0.39 is 6.03 Å². The quantitative estimate of drug-likeness (QED) is 0.628. The van der Waals surface area contributed by atoms with E-state index >= 15 is 0 Å². The van der Waals surface area contributed by atoms with Crippen molar-refractivity contribution in [3.05, 3.63) is 0 Å². The lowest BCUT2D eigenvalue weighted by atomic mass is 9.90. The molecule has 0 aromatic carbocycles. The first kappa shape index (κ1) is 15.9.